The van der Waals surface area contributed by atoms with Crippen LogP contribution in [0.15, 0.2) is 6.20 Å². The van der Waals surface area contributed by atoms with Gasteiger partial charge in [0.1, 0.15) is 11.6 Å². The monoisotopic (exact) mass is 314 g/mol. The van der Waals surface area contributed by atoms with Gasteiger partial charge in [0, 0.05) is 32.6 Å². The normalized spacial score (nSPS) is 21.2. The van der Waals surface area contributed by atoms with E-state index in [1.807, 2.05) is 17.9 Å². The third-order valence-electron chi connectivity index (χ3n) is 5.33. The molecule has 0 unspecified atom stereocenters. The lowest BCUT2D eigenvalue weighted by Crippen LogP contribution is -2.30. The maximum absolute atomic E-state index is 5.03. The molecule has 0 radical (unpaired) electrons. The summed E-state index contributed by atoms with van der Waals surface area (Å²) in [6.45, 7) is 4.34. The molecule has 0 spiro atoms. The summed E-state index contributed by atoms with van der Waals surface area (Å²) in [4.78, 5) is 14.7. The summed E-state index contributed by atoms with van der Waals surface area (Å²) < 4.78 is 1.89. The van der Waals surface area contributed by atoms with Crippen molar-refractivity contribution in [2.24, 2.45) is 7.05 Å². The van der Waals surface area contributed by atoms with Gasteiger partial charge in [0.2, 0.25) is 0 Å². The first-order chi connectivity index (χ1) is 11.2. The molecule has 23 heavy (non-hydrogen) atoms. The van der Waals surface area contributed by atoms with Crippen molar-refractivity contribution in [3.63, 3.8) is 0 Å². The zero-order valence-corrected chi connectivity index (χ0v) is 14.2. The maximum Gasteiger partial charge on any atom is 0.163 e. The number of anilines is 1. The van der Waals surface area contributed by atoms with E-state index in [9.17, 15) is 0 Å². The van der Waals surface area contributed by atoms with Crippen molar-refractivity contribution in [2.75, 3.05) is 38.1 Å². The number of likely N-dealkylation sites (N-methyl/N-ethyl adjacent to an activating group) is 1. The van der Waals surface area contributed by atoms with Crippen molar-refractivity contribution >= 4 is 16.9 Å². The Bertz CT molecular complexity index is 688. The van der Waals surface area contributed by atoms with Gasteiger partial charge in [-0.3, -0.25) is 4.68 Å². The highest BCUT2D eigenvalue weighted by Crippen LogP contribution is 2.34. The van der Waals surface area contributed by atoms with Crippen LogP contribution in [-0.2, 0) is 7.05 Å². The van der Waals surface area contributed by atoms with Crippen molar-refractivity contribution in [1.82, 2.24) is 24.6 Å². The summed E-state index contributed by atoms with van der Waals surface area (Å²) in [7, 11) is 4.18. The van der Waals surface area contributed by atoms with Crippen molar-refractivity contribution in [3.05, 3.63) is 12.0 Å². The van der Waals surface area contributed by atoms with Crippen molar-refractivity contribution < 1.29 is 0 Å². The zero-order chi connectivity index (χ0) is 15.8. The van der Waals surface area contributed by atoms with Crippen LogP contribution in [0.1, 0.15) is 43.8 Å². The van der Waals surface area contributed by atoms with E-state index in [-0.39, 0.29) is 0 Å². The van der Waals surface area contributed by atoms with Gasteiger partial charge in [-0.05, 0) is 32.9 Å². The number of nitrogens with zero attached hydrogens (tertiary/aromatic N) is 6. The molecule has 1 aliphatic carbocycles. The summed E-state index contributed by atoms with van der Waals surface area (Å²) in [6.07, 6.45) is 8.18. The predicted molar refractivity (Wildman–Crippen MR) is 91.8 cm³/mol. The second-order valence-electron chi connectivity index (χ2n) is 7.04. The van der Waals surface area contributed by atoms with Crippen LogP contribution in [0.3, 0.4) is 0 Å². The molecule has 1 saturated heterocycles. The standard InChI is InChI=1S/C17H26N6/c1-21-8-5-9-23(11-10-21)17-14-12-18-22(2)16(14)19-15(20-17)13-6-3-4-7-13/h12-13H,3-11H2,1-2H3. The number of aromatic nitrogens is 4. The van der Waals surface area contributed by atoms with Gasteiger partial charge in [-0.25, -0.2) is 9.97 Å². The Morgan fingerprint density at radius 3 is 2.61 bits per heavy atom. The summed E-state index contributed by atoms with van der Waals surface area (Å²) in [5, 5.41) is 5.53. The Hall–Kier alpha value is -1.69. The molecular formula is C17H26N6. The maximum atomic E-state index is 5.03. The first-order valence-electron chi connectivity index (χ1n) is 8.85. The average Bonchev–Trinajstić information content (AvgIpc) is 3.15. The predicted octanol–water partition coefficient (Wildman–Crippen LogP) is 2.16. The highest BCUT2D eigenvalue weighted by Gasteiger charge is 2.24. The number of hydrogen-bond acceptors (Lipinski definition) is 5. The van der Waals surface area contributed by atoms with Gasteiger partial charge in [-0.1, -0.05) is 12.8 Å². The summed E-state index contributed by atoms with van der Waals surface area (Å²) in [6, 6.07) is 0. The van der Waals surface area contributed by atoms with E-state index >= 15 is 0 Å². The molecule has 1 saturated carbocycles. The molecule has 6 nitrogen and oxygen atoms in total. The molecule has 4 rings (SSSR count). The third-order valence-corrected chi connectivity index (χ3v) is 5.33. The smallest absolute Gasteiger partial charge is 0.163 e. The number of hydrogen-bond donors (Lipinski definition) is 0. The van der Waals surface area contributed by atoms with Crippen LogP contribution in [0.5, 0.6) is 0 Å². The first kappa shape index (κ1) is 14.9. The Morgan fingerprint density at radius 1 is 0.957 bits per heavy atom. The largest absolute Gasteiger partial charge is 0.355 e. The molecule has 2 aliphatic rings. The number of aryl methyl sites for hydroxylation is 1. The van der Waals surface area contributed by atoms with Crippen LogP contribution < -0.4 is 4.90 Å². The quantitative estimate of drug-likeness (QED) is 0.850. The molecule has 6 heteroatoms. The van der Waals surface area contributed by atoms with E-state index in [1.54, 1.807) is 0 Å². The molecule has 0 aromatic carbocycles. The molecule has 2 aromatic rings. The van der Waals surface area contributed by atoms with Crippen molar-refractivity contribution in [1.29, 1.82) is 0 Å². The van der Waals surface area contributed by atoms with Crippen LogP contribution in [0.4, 0.5) is 5.82 Å². The minimum Gasteiger partial charge on any atom is -0.355 e. The lowest BCUT2D eigenvalue weighted by Gasteiger charge is -2.23. The first-order valence-corrected chi connectivity index (χ1v) is 8.85. The van der Waals surface area contributed by atoms with Gasteiger partial charge in [-0.15, -0.1) is 0 Å². The zero-order valence-electron chi connectivity index (χ0n) is 14.2. The van der Waals surface area contributed by atoms with Gasteiger partial charge < -0.3 is 9.80 Å². The van der Waals surface area contributed by atoms with Gasteiger partial charge in [-0.2, -0.15) is 5.10 Å². The van der Waals surface area contributed by atoms with Crippen LogP contribution in [0.25, 0.3) is 11.0 Å². The van der Waals surface area contributed by atoms with Gasteiger partial charge >= 0.3 is 0 Å². The van der Waals surface area contributed by atoms with E-state index in [0.717, 1.165) is 48.9 Å². The van der Waals surface area contributed by atoms with Crippen LogP contribution in [0.2, 0.25) is 0 Å². The Labute approximate surface area is 137 Å². The lowest BCUT2D eigenvalue weighted by molar-refractivity contribution is 0.360. The van der Waals surface area contributed by atoms with E-state index in [2.05, 4.69) is 21.9 Å². The van der Waals surface area contributed by atoms with Gasteiger partial charge in [0.15, 0.2) is 5.65 Å². The Morgan fingerprint density at radius 2 is 1.78 bits per heavy atom. The molecule has 0 bridgehead atoms. The van der Waals surface area contributed by atoms with E-state index in [1.165, 1.54) is 32.1 Å². The lowest BCUT2D eigenvalue weighted by atomic mass is 10.1. The fraction of sp³-hybridized carbons (Fsp3) is 0.706. The molecule has 3 heterocycles. The average molecular weight is 314 g/mol. The molecule has 0 N–H and O–H groups in total. The van der Waals surface area contributed by atoms with Crippen molar-refractivity contribution in [2.45, 2.75) is 38.0 Å². The highest BCUT2D eigenvalue weighted by atomic mass is 15.3. The summed E-state index contributed by atoms with van der Waals surface area (Å²) >= 11 is 0. The van der Waals surface area contributed by atoms with E-state index in [4.69, 9.17) is 9.97 Å². The number of rotatable bonds is 2. The van der Waals surface area contributed by atoms with E-state index < -0.39 is 0 Å². The molecule has 124 valence electrons. The second kappa shape index (κ2) is 6.07. The van der Waals surface area contributed by atoms with Crippen molar-refractivity contribution in [3.8, 4) is 0 Å². The van der Waals surface area contributed by atoms with Gasteiger partial charge in [0.05, 0.1) is 11.6 Å². The summed E-state index contributed by atoms with van der Waals surface area (Å²) in [5.74, 6) is 2.66. The molecule has 2 fully saturated rings. The molecular weight excluding hydrogens is 288 g/mol. The Kier molecular flexibility index (Phi) is 3.93. The molecule has 1 aliphatic heterocycles. The minimum absolute atomic E-state index is 0.530. The highest BCUT2D eigenvalue weighted by molar-refractivity contribution is 5.87. The third kappa shape index (κ3) is 2.80. The Balaban J connectivity index is 1.77. The molecule has 0 atom stereocenters. The molecule has 2 aromatic heterocycles. The second-order valence-corrected chi connectivity index (χ2v) is 7.04. The fourth-order valence-electron chi connectivity index (χ4n) is 3.89. The molecule has 0 amide bonds. The SMILES string of the molecule is CN1CCCN(c2nc(C3CCCC3)nc3c2cnn3C)CC1. The number of fused-ring (bicyclic) bond motifs is 1. The fourth-order valence-corrected chi connectivity index (χ4v) is 3.89. The van der Waals surface area contributed by atoms with Gasteiger partial charge in [0.25, 0.3) is 0 Å². The van der Waals surface area contributed by atoms with Crippen LogP contribution in [0, 0.1) is 0 Å². The van der Waals surface area contributed by atoms with Crippen LogP contribution >= 0.6 is 0 Å². The van der Waals surface area contributed by atoms with E-state index in [0.29, 0.717) is 5.92 Å². The minimum atomic E-state index is 0.530. The topological polar surface area (TPSA) is 50.1 Å². The summed E-state index contributed by atoms with van der Waals surface area (Å²) in [5.41, 5.74) is 0.981. The van der Waals surface area contributed by atoms with Crippen LogP contribution in [-0.4, -0.2) is 57.9 Å².